The van der Waals surface area contributed by atoms with Gasteiger partial charge in [0.05, 0.1) is 15.1 Å². The van der Waals surface area contributed by atoms with Gasteiger partial charge in [-0.1, -0.05) is 36.8 Å². The Morgan fingerprint density at radius 1 is 1.00 bits per heavy atom. The first-order valence-corrected chi connectivity index (χ1v) is 16.2. The Morgan fingerprint density at radius 2 is 1.75 bits per heavy atom. The highest BCUT2D eigenvalue weighted by molar-refractivity contribution is 7.92. The van der Waals surface area contributed by atoms with E-state index in [1.165, 1.54) is 10.4 Å². The average Bonchev–Trinajstić information content (AvgIpc) is 3.53. The summed E-state index contributed by atoms with van der Waals surface area (Å²) in [5.74, 6) is -0.249. The van der Waals surface area contributed by atoms with Crippen molar-refractivity contribution in [1.29, 1.82) is 0 Å². The molecule has 5 aromatic rings. The molecule has 0 fully saturated rings. The SMILES string of the molecule is CCN1CCc2c(sc(NC(=O)c3ccc(NS(=O)(=O)c4ccc(C)cc4)cc3)c2-c2nc3ccccc3s2)C1. The molecule has 204 valence electrons. The maximum atomic E-state index is 13.4. The number of benzene rings is 3. The Balaban J connectivity index is 1.26. The number of aromatic nitrogens is 1. The van der Waals surface area contributed by atoms with Crippen LogP contribution in [0.5, 0.6) is 0 Å². The molecule has 3 aromatic carbocycles. The Bertz CT molecular complexity index is 1770. The summed E-state index contributed by atoms with van der Waals surface area (Å²) >= 11 is 3.26. The Labute approximate surface area is 241 Å². The summed E-state index contributed by atoms with van der Waals surface area (Å²) in [5, 5.41) is 4.87. The molecule has 6 rings (SSSR count). The third-order valence-electron chi connectivity index (χ3n) is 7.05. The van der Waals surface area contributed by atoms with E-state index < -0.39 is 10.0 Å². The molecule has 0 radical (unpaired) electrons. The molecule has 0 atom stereocenters. The van der Waals surface area contributed by atoms with Gasteiger partial charge in [0.1, 0.15) is 10.0 Å². The number of carbonyl (C=O) groups is 1. The smallest absolute Gasteiger partial charge is 0.261 e. The van der Waals surface area contributed by atoms with Gasteiger partial charge in [0.25, 0.3) is 15.9 Å². The minimum Gasteiger partial charge on any atom is -0.313 e. The zero-order chi connectivity index (χ0) is 27.9. The molecular weight excluding hydrogens is 561 g/mol. The first kappa shape index (κ1) is 26.6. The molecule has 0 unspecified atom stereocenters. The molecule has 0 saturated heterocycles. The van der Waals surface area contributed by atoms with Gasteiger partial charge in [-0.25, -0.2) is 13.4 Å². The van der Waals surface area contributed by atoms with E-state index in [2.05, 4.69) is 27.9 Å². The minimum atomic E-state index is -3.73. The molecule has 1 amide bonds. The van der Waals surface area contributed by atoms with E-state index >= 15 is 0 Å². The van der Waals surface area contributed by atoms with Gasteiger partial charge in [-0.15, -0.1) is 22.7 Å². The highest BCUT2D eigenvalue weighted by Gasteiger charge is 2.27. The number of rotatable bonds is 7. The maximum Gasteiger partial charge on any atom is 0.261 e. The zero-order valence-corrected chi connectivity index (χ0v) is 24.6. The lowest BCUT2D eigenvalue weighted by Crippen LogP contribution is -2.29. The second-order valence-corrected chi connectivity index (χ2v) is 13.6. The number of sulfonamides is 1. The van der Waals surface area contributed by atoms with Gasteiger partial charge in [-0.3, -0.25) is 14.4 Å². The second-order valence-electron chi connectivity index (χ2n) is 9.76. The Kier molecular flexibility index (Phi) is 7.18. The molecule has 3 heterocycles. The van der Waals surface area contributed by atoms with Crippen molar-refractivity contribution in [3.63, 3.8) is 0 Å². The van der Waals surface area contributed by atoms with Crippen molar-refractivity contribution in [2.24, 2.45) is 0 Å². The van der Waals surface area contributed by atoms with Gasteiger partial charge in [0.2, 0.25) is 0 Å². The highest BCUT2D eigenvalue weighted by Crippen LogP contribution is 2.45. The molecule has 10 heteroatoms. The molecule has 40 heavy (non-hydrogen) atoms. The first-order valence-electron chi connectivity index (χ1n) is 13.0. The molecule has 0 saturated carbocycles. The average molecular weight is 589 g/mol. The summed E-state index contributed by atoms with van der Waals surface area (Å²) in [4.78, 5) is 22.2. The van der Waals surface area contributed by atoms with Gasteiger partial charge in [-0.05, 0) is 74.0 Å². The van der Waals surface area contributed by atoms with Crippen molar-refractivity contribution in [2.45, 2.75) is 31.7 Å². The van der Waals surface area contributed by atoms with E-state index in [9.17, 15) is 13.2 Å². The lowest BCUT2D eigenvalue weighted by Gasteiger charge is -2.25. The number of hydrogen-bond donors (Lipinski definition) is 2. The van der Waals surface area contributed by atoms with Crippen molar-refractivity contribution in [3.05, 3.63) is 94.4 Å². The summed E-state index contributed by atoms with van der Waals surface area (Å²) < 4.78 is 29.2. The number of nitrogens with zero attached hydrogens (tertiary/aromatic N) is 2. The van der Waals surface area contributed by atoms with E-state index in [0.717, 1.165) is 57.4 Å². The first-order chi connectivity index (χ1) is 19.3. The third kappa shape index (κ3) is 5.27. The Morgan fingerprint density at radius 3 is 2.48 bits per heavy atom. The van der Waals surface area contributed by atoms with E-state index in [0.29, 0.717) is 11.3 Å². The topological polar surface area (TPSA) is 91.4 Å². The molecule has 7 nitrogen and oxygen atoms in total. The van der Waals surface area contributed by atoms with Crippen molar-refractivity contribution in [3.8, 4) is 10.6 Å². The highest BCUT2D eigenvalue weighted by atomic mass is 32.2. The maximum absolute atomic E-state index is 13.4. The summed E-state index contributed by atoms with van der Waals surface area (Å²) in [5.41, 5.74) is 5.05. The molecule has 2 aromatic heterocycles. The zero-order valence-electron chi connectivity index (χ0n) is 22.1. The number of thiazole rings is 1. The molecule has 1 aliphatic heterocycles. The number of thiophene rings is 1. The van der Waals surface area contributed by atoms with E-state index in [4.69, 9.17) is 4.98 Å². The summed E-state index contributed by atoms with van der Waals surface area (Å²) in [6, 6.07) is 21.2. The normalized spacial score (nSPS) is 13.8. The van der Waals surface area contributed by atoms with Crippen LogP contribution in [-0.2, 0) is 23.0 Å². The fourth-order valence-corrected chi connectivity index (χ4v) is 8.27. The van der Waals surface area contributed by atoms with Gasteiger partial charge < -0.3 is 5.32 Å². The minimum absolute atomic E-state index is 0.186. The van der Waals surface area contributed by atoms with E-state index in [1.54, 1.807) is 71.2 Å². The third-order valence-corrected chi connectivity index (χ3v) is 10.6. The summed E-state index contributed by atoms with van der Waals surface area (Å²) in [7, 11) is -3.73. The number of aryl methyl sites for hydroxylation is 1. The lowest BCUT2D eigenvalue weighted by atomic mass is 10.0. The molecule has 0 bridgehead atoms. The van der Waals surface area contributed by atoms with Crippen LogP contribution >= 0.6 is 22.7 Å². The van der Waals surface area contributed by atoms with Gasteiger partial charge in [-0.2, -0.15) is 0 Å². The number of amides is 1. The van der Waals surface area contributed by atoms with Gasteiger partial charge in [0, 0.05) is 34.8 Å². The van der Waals surface area contributed by atoms with Gasteiger partial charge >= 0.3 is 0 Å². The number of anilines is 2. The lowest BCUT2D eigenvalue weighted by molar-refractivity contribution is 0.102. The standard InChI is InChI=1S/C30H28N4O3S3/c1-3-34-17-16-23-26(18-34)39-30(27(23)29-31-24-6-4-5-7-25(24)38-29)32-28(35)20-10-12-21(13-11-20)33-40(36,37)22-14-8-19(2)9-15-22/h4-15,33H,3,16-18H2,1-2H3,(H,32,35). The van der Waals surface area contributed by atoms with E-state index in [1.807, 2.05) is 25.1 Å². The van der Waals surface area contributed by atoms with Crippen LogP contribution in [0, 0.1) is 6.92 Å². The summed E-state index contributed by atoms with van der Waals surface area (Å²) in [6.45, 7) is 6.89. The predicted octanol–water partition coefficient (Wildman–Crippen LogP) is 6.76. The largest absolute Gasteiger partial charge is 0.313 e. The number of para-hydroxylation sites is 1. The van der Waals surface area contributed by atoms with Crippen LogP contribution in [0.25, 0.3) is 20.8 Å². The molecule has 0 spiro atoms. The monoisotopic (exact) mass is 588 g/mol. The molecule has 0 aliphatic carbocycles. The van der Waals surface area contributed by atoms with Crippen molar-refractivity contribution in [2.75, 3.05) is 23.1 Å². The van der Waals surface area contributed by atoms with Crippen LogP contribution in [-0.4, -0.2) is 37.3 Å². The number of hydrogen-bond acceptors (Lipinski definition) is 7. The predicted molar refractivity (Wildman–Crippen MR) is 164 cm³/mol. The summed E-state index contributed by atoms with van der Waals surface area (Å²) in [6.07, 6.45) is 0.913. The number of fused-ring (bicyclic) bond motifs is 2. The van der Waals surface area contributed by atoms with Crippen LogP contribution in [0.4, 0.5) is 10.7 Å². The molecule has 2 N–H and O–H groups in total. The van der Waals surface area contributed by atoms with Crippen LogP contribution < -0.4 is 10.0 Å². The quantitative estimate of drug-likeness (QED) is 0.219. The number of carbonyl (C=O) groups excluding carboxylic acids is 1. The van der Waals surface area contributed by atoms with Crippen molar-refractivity contribution >= 4 is 59.5 Å². The van der Waals surface area contributed by atoms with Crippen LogP contribution in [0.3, 0.4) is 0 Å². The van der Waals surface area contributed by atoms with E-state index in [-0.39, 0.29) is 10.8 Å². The van der Waals surface area contributed by atoms with Gasteiger partial charge in [0.15, 0.2) is 0 Å². The van der Waals surface area contributed by atoms with Crippen LogP contribution in [0.2, 0.25) is 0 Å². The number of nitrogens with one attached hydrogen (secondary N) is 2. The molecule has 1 aliphatic rings. The number of likely N-dealkylation sites (N-methyl/N-ethyl adjacent to an activating group) is 1. The Hall–Kier alpha value is -3.57. The van der Waals surface area contributed by atoms with Crippen molar-refractivity contribution < 1.29 is 13.2 Å². The van der Waals surface area contributed by atoms with Crippen LogP contribution in [0.1, 0.15) is 33.3 Å². The van der Waals surface area contributed by atoms with Crippen LogP contribution in [0.15, 0.2) is 77.7 Å². The fraction of sp³-hybridized carbons (Fsp3) is 0.200. The second kappa shape index (κ2) is 10.8. The van der Waals surface area contributed by atoms with Crippen molar-refractivity contribution in [1.82, 2.24) is 9.88 Å². The molecular formula is C30H28N4O3S3. The fourth-order valence-electron chi connectivity index (χ4n) is 4.82.